The molecule has 0 aliphatic rings. The van der Waals surface area contributed by atoms with Gasteiger partial charge in [-0.15, -0.1) is 5.10 Å². The molecule has 0 saturated heterocycles. The highest BCUT2D eigenvalue weighted by Crippen LogP contribution is 2.28. The summed E-state index contributed by atoms with van der Waals surface area (Å²) in [6.07, 6.45) is 3.74. The molecular formula is C14H18ClN5O. The Morgan fingerprint density at radius 2 is 2.19 bits per heavy atom. The van der Waals surface area contributed by atoms with Crippen molar-refractivity contribution in [1.29, 1.82) is 0 Å². The minimum Gasteiger partial charge on any atom is -0.495 e. The molecule has 0 spiro atoms. The highest BCUT2D eigenvalue weighted by Gasteiger charge is 2.04. The Morgan fingerprint density at radius 1 is 1.33 bits per heavy atom. The second kappa shape index (κ2) is 7.64. The smallest absolute Gasteiger partial charge is 0.244 e. The van der Waals surface area contributed by atoms with Crippen molar-refractivity contribution in [3.05, 3.63) is 29.4 Å². The molecule has 2 N–H and O–H groups in total. The summed E-state index contributed by atoms with van der Waals surface area (Å²) < 4.78 is 5.12. The Morgan fingerprint density at radius 3 is 2.90 bits per heavy atom. The predicted octanol–water partition coefficient (Wildman–Crippen LogP) is 3.49. The third-order valence-electron chi connectivity index (χ3n) is 2.80. The molecule has 0 fully saturated rings. The van der Waals surface area contributed by atoms with Crippen LogP contribution in [0.2, 0.25) is 5.02 Å². The number of benzene rings is 1. The minimum atomic E-state index is 0.507. The zero-order valence-corrected chi connectivity index (χ0v) is 12.8. The van der Waals surface area contributed by atoms with Gasteiger partial charge in [0.1, 0.15) is 5.75 Å². The van der Waals surface area contributed by atoms with Crippen LogP contribution in [0.15, 0.2) is 24.4 Å². The molecule has 6 nitrogen and oxygen atoms in total. The van der Waals surface area contributed by atoms with E-state index in [0.29, 0.717) is 22.5 Å². The van der Waals surface area contributed by atoms with Crippen molar-refractivity contribution in [3.63, 3.8) is 0 Å². The molecular weight excluding hydrogens is 290 g/mol. The Bertz CT molecular complexity index is 593. The van der Waals surface area contributed by atoms with Gasteiger partial charge in [-0.1, -0.05) is 24.9 Å². The van der Waals surface area contributed by atoms with Crippen molar-refractivity contribution in [2.75, 3.05) is 24.3 Å². The van der Waals surface area contributed by atoms with Gasteiger partial charge in [-0.3, -0.25) is 0 Å². The van der Waals surface area contributed by atoms with Gasteiger partial charge in [0.15, 0.2) is 5.82 Å². The Balaban J connectivity index is 2.05. The number of hydrogen-bond acceptors (Lipinski definition) is 6. The monoisotopic (exact) mass is 307 g/mol. The summed E-state index contributed by atoms with van der Waals surface area (Å²) in [4.78, 5) is 4.34. The number of halogens is 1. The molecule has 2 rings (SSSR count). The van der Waals surface area contributed by atoms with Gasteiger partial charge >= 0.3 is 0 Å². The van der Waals surface area contributed by atoms with Crippen LogP contribution in [0, 0.1) is 0 Å². The molecule has 0 aliphatic carbocycles. The molecule has 0 radical (unpaired) electrons. The summed E-state index contributed by atoms with van der Waals surface area (Å²) in [6.45, 7) is 2.96. The first-order valence-electron chi connectivity index (χ1n) is 6.77. The summed E-state index contributed by atoms with van der Waals surface area (Å²) in [5.41, 5.74) is 0.806. The van der Waals surface area contributed by atoms with E-state index in [2.05, 4.69) is 32.7 Å². The van der Waals surface area contributed by atoms with Gasteiger partial charge in [-0.2, -0.15) is 10.1 Å². The van der Waals surface area contributed by atoms with Crippen molar-refractivity contribution in [2.45, 2.75) is 19.8 Å². The van der Waals surface area contributed by atoms with Crippen molar-refractivity contribution >= 4 is 29.1 Å². The van der Waals surface area contributed by atoms with E-state index >= 15 is 0 Å². The first-order chi connectivity index (χ1) is 10.2. The predicted molar refractivity (Wildman–Crippen MR) is 84.5 cm³/mol. The second-order valence-electron chi connectivity index (χ2n) is 4.42. The van der Waals surface area contributed by atoms with Crippen LogP contribution in [-0.4, -0.2) is 28.8 Å². The molecule has 21 heavy (non-hydrogen) atoms. The van der Waals surface area contributed by atoms with E-state index in [1.807, 2.05) is 6.07 Å². The second-order valence-corrected chi connectivity index (χ2v) is 4.83. The molecule has 112 valence electrons. The summed E-state index contributed by atoms with van der Waals surface area (Å²) in [6, 6.07) is 5.42. The Hall–Kier alpha value is -2.08. The van der Waals surface area contributed by atoms with Crippen molar-refractivity contribution in [2.24, 2.45) is 0 Å². The van der Waals surface area contributed by atoms with Gasteiger partial charge in [0.2, 0.25) is 5.95 Å². The van der Waals surface area contributed by atoms with Gasteiger partial charge in [-0.25, -0.2) is 0 Å². The molecule has 0 saturated carbocycles. The number of ether oxygens (including phenoxy) is 1. The first-order valence-corrected chi connectivity index (χ1v) is 7.15. The number of unbranched alkanes of at least 4 members (excludes halogenated alkanes) is 1. The van der Waals surface area contributed by atoms with Crippen LogP contribution in [0.1, 0.15) is 19.8 Å². The van der Waals surface area contributed by atoms with Crippen LogP contribution in [0.5, 0.6) is 5.75 Å². The molecule has 7 heteroatoms. The number of hydrogen-bond donors (Lipinski definition) is 2. The average molecular weight is 308 g/mol. The number of rotatable bonds is 7. The highest BCUT2D eigenvalue weighted by atomic mass is 35.5. The van der Waals surface area contributed by atoms with Gasteiger partial charge < -0.3 is 15.4 Å². The van der Waals surface area contributed by atoms with Crippen LogP contribution in [0.4, 0.5) is 17.5 Å². The van der Waals surface area contributed by atoms with Crippen LogP contribution >= 0.6 is 11.6 Å². The summed E-state index contributed by atoms with van der Waals surface area (Å²) in [7, 11) is 1.58. The molecule has 0 aliphatic heterocycles. The maximum atomic E-state index is 6.09. The van der Waals surface area contributed by atoms with Crippen LogP contribution in [0.3, 0.4) is 0 Å². The van der Waals surface area contributed by atoms with Gasteiger partial charge in [0.05, 0.1) is 18.3 Å². The lowest BCUT2D eigenvalue weighted by Crippen LogP contribution is -2.07. The van der Waals surface area contributed by atoms with Crippen molar-refractivity contribution < 1.29 is 4.74 Å². The van der Waals surface area contributed by atoms with Gasteiger partial charge in [0, 0.05) is 12.2 Å². The standard InChI is InChI=1S/C14H18ClN5O/c1-3-4-7-16-14-19-13(9-17-20-14)18-10-5-6-12(21-2)11(15)8-10/h5-6,8-9H,3-4,7H2,1-2H3,(H2,16,18,19,20). The SMILES string of the molecule is CCCCNc1nncc(Nc2ccc(OC)c(Cl)c2)n1. The highest BCUT2D eigenvalue weighted by molar-refractivity contribution is 6.32. The maximum Gasteiger partial charge on any atom is 0.244 e. The number of anilines is 3. The summed E-state index contributed by atoms with van der Waals surface area (Å²) in [5.74, 6) is 1.74. The lowest BCUT2D eigenvalue weighted by atomic mass is 10.3. The summed E-state index contributed by atoms with van der Waals surface area (Å²) in [5, 5.41) is 14.7. The third kappa shape index (κ3) is 4.46. The fourth-order valence-corrected chi connectivity index (χ4v) is 1.97. The quantitative estimate of drug-likeness (QED) is 0.763. The summed E-state index contributed by atoms with van der Waals surface area (Å²) >= 11 is 6.09. The number of methoxy groups -OCH3 is 1. The lowest BCUT2D eigenvalue weighted by Gasteiger charge is -2.09. The Labute approximate surface area is 128 Å². The van der Waals surface area contributed by atoms with Gasteiger partial charge in [-0.05, 0) is 24.6 Å². The van der Waals surface area contributed by atoms with Gasteiger partial charge in [0.25, 0.3) is 0 Å². The zero-order chi connectivity index (χ0) is 15.1. The number of nitrogens with zero attached hydrogens (tertiary/aromatic N) is 3. The van der Waals surface area contributed by atoms with E-state index in [1.54, 1.807) is 25.4 Å². The lowest BCUT2D eigenvalue weighted by molar-refractivity contribution is 0.415. The fraction of sp³-hybridized carbons (Fsp3) is 0.357. The first kappa shape index (κ1) is 15.3. The molecule has 0 amide bonds. The Kier molecular flexibility index (Phi) is 5.57. The molecule has 1 aromatic carbocycles. The fourth-order valence-electron chi connectivity index (χ4n) is 1.71. The average Bonchev–Trinajstić information content (AvgIpc) is 2.48. The molecule has 1 heterocycles. The third-order valence-corrected chi connectivity index (χ3v) is 3.09. The molecule has 2 aromatic rings. The molecule has 1 aromatic heterocycles. The normalized spacial score (nSPS) is 10.2. The number of nitrogens with one attached hydrogen (secondary N) is 2. The van der Waals surface area contributed by atoms with Crippen LogP contribution in [-0.2, 0) is 0 Å². The maximum absolute atomic E-state index is 6.09. The van der Waals surface area contributed by atoms with Crippen LogP contribution in [0.25, 0.3) is 0 Å². The van der Waals surface area contributed by atoms with Crippen molar-refractivity contribution in [3.8, 4) is 5.75 Å². The van der Waals surface area contributed by atoms with E-state index in [4.69, 9.17) is 16.3 Å². The molecule has 0 bridgehead atoms. The van der Waals surface area contributed by atoms with E-state index in [-0.39, 0.29) is 0 Å². The molecule has 0 unspecified atom stereocenters. The molecule has 0 atom stereocenters. The van der Waals surface area contributed by atoms with E-state index in [1.165, 1.54) is 0 Å². The van der Waals surface area contributed by atoms with E-state index < -0.39 is 0 Å². The topological polar surface area (TPSA) is 72.0 Å². The largest absolute Gasteiger partial charge is 0.495 e. The van der Waals surface area contributed by atoms with E-state index in [0.717, 1.165) is 25.1 Å². The van der Waals surface area contributed by atoms with Crippen molar-refractivity contribution in [1.82, 2.24) is 15.2 Å². The van der Waals surface area contributed by atoms with E-state index in [9.17, 15) is 0 Å². The number of aromatic nitrogens is 3. The van der Waals surface area contributed by atoms with Crippen LogP contribution < -0.4 is 15.4 Å². The minimum absolute atomic E-state index is 0.507. The zero-order valence-electron chi connectivity index (χ0n) is 12.1.